The van der Waals surface area contributed by atoms with E-state index in [1.54, 1.807) is 5.57 Å². The lowest BCUT2D eigenvalue weighted by Crippen LogP contribution is -2.53. The molecule has 168 valence electrons. The standard InChI is InChI=1S/C31H38O/c1-30-18-16-25(32)20-24(30)12-13-26-28-15-14-27(31(28,2)19-17-29(26)30)23-10-8-22(9-11-23)21-6-4-3-5-7-21/h3-11,14,24-26,28-29,32H,12-13,15-20H2,1-2H3/t24-,25-,26-,28-,29-,30-,31+/m0/s1. The van der Waals surface area contributed by atoms with Gasteiger partial charge in [-0.25, -0.2) is 0 Å². The van der Waals surface area contributed by atoms with Crippen molar-refractivity contribution in [3.05, 3.63) is 66.2 Å². The minimum Gasteiger partial charge on any atom is -0.393 e. The van der Waals surface area contributed by atoms with Crippen LogP contribution in [-0.4, -0.2) is 11.2 Å². The van der Waals surface area contributed by atoms with E-state index in [-0.39, 0.29) is 6.10 Å². The van der Waals surface area contributed by atoms with Crippen molar-refractivity contribution in [2.75, 3.05) is 0 Å². The zero-order valence-electron chi connectivity index (χ0n) is 19.8. The maximum atomic E-state index is 10.3. The van der Waals surface area contributed by atoms with Crippen LogP contribution in [0.5, 0.6) is 0 Å². The van der Waals surface area contributed by atoms with Gasteiger partial charge in [0.2, 0.25) is 0 Å². The number of allylic oxidation sites excluding steroid dienone is 2. The van der Waals surface area contributed by atoms with Crippen LogP contribution in [-0.2, 0) is 0 Å². The number of fused-ring (bicyclic) bond motifs is 5. The van der Waals surface area contributed by atoms with E-state index >= 15 is 0 Å². The highest BCUT2D eigenvalue weighted by molar-refractivity contribution is 5.75. The second kappa shape index (κ2) is 7.59. The summed E-state index contributed by atoms with van der Waals surface area (Å²) in [6.45, 7) is 5.17. The maximum Gasteiger partial charge on any atom is 0.0543 e. The van der Waals surface area contributed by atoms with Crippen molar-refractivity contribution in [1.29, 1.82) is 0 Å². The molecule has 32 heavy (non-hydrogen) atoms. The summed E-state index contributed by atoms with van der Waals surface area (Å²) in [7, 11) is 0. The van der Waals surface area contributed by atoms with Crippen LogP contribution in [0.3, 0.4) is 0 Å². The molecule has 1 N–H and O–H groups in total. The molecule has 0 radical (unpaired) electrons. The first-order chi connectivity index (χ1) is 15.5. The molecule has 1 nitrogen and oxygen atoms in total. The highest BCUT2D eigenvalue weighted by Gasteiger charge is 2.58. The molecule has 0 aliphatic heterocycles. The first-order valence-corrected chi connectivity index (χ1v) is 13.0. The number of rotatable bonds is 2. The van der Waals surface area contributed by atoms with Crippen LogP contribution in [0.4, 0.5) is 0 Å². The number of aliphatic hydroxyl groups excluding tert-OH is 1. The first kappa shape index (κ1) is 20.7. The van der Waals surface area contributed by atoms with Crippen LogP contribution in [0.15, 0.2) is 60.7 Å². The summed E-state index contributed by atoms with van der Waals surface area (Å²) in [6.07, 6.45) is 12.6. The van der Waals surface area contributed by atoms with Gasteiger partial charge in [0.05, 0.1) is 6.10 Å². The molecule has 4 aliphatic carbocycles. The molecule has 7 atom stereocenters. The molecule has 0 amide bonds. The largest absolute Gasteiger partial charge is 0.393 e. The van der Waals surface area contributed by atoms with Crippen molar-refractivity contribution in [3.8, 4) is 11.1 Å². The van der Waals surface area contributed by atoms with E-state index in [0.29, 0.717) is 10.8 Å². The number of hydrogen-bond acceptors (Lipinski definition) is 1. The first-order valence-electron chi connectivity index (χ1n) is 13.0. The molecule has 0 spiro atoms. The second-order valence-electron chi connectivity index (χ2n) is 11.8. The Balaban J connectivity index is 1.25. The summed E-state index contributed by atoms with van der Waals surface area (Å²) in [5.41, 5.74) is 6.45. The van der Waals surface area contributed by atoms with E-state index in [1.807, 2.05) is 0 Å². The molecular formula is C31H38O. The zero-order chi connectivity index (χ0) is 21.9. The van der Waals surface area contributed by atoms with Crippen LogP contribution in [0, 0.1) is 34.5 Å². The molecule has 4 aliphatic rings. The summed E-state index contributed by atoms with van der Waals surface area (Å²) in [5, 5.41) is 10.3. The van der Waals surface area contributed by atoms with Crippen LogP contribution in [0.2, 0.25) is 0 Å². The van der Waals surface area contributed by atoms with Gasteiger partial charge in [-0.3, -0.25) is 0 Å². The van der Waals surface area contributed by atoms with Gasteiger partial charge in [0, 0.05) is 0 Å². The summed E-state index contributed by atoms with van der Waals surface area (Å²) in [6, 6.07) is 20.1. The zero-order valence-corrected chi connectivity index (χ0v) is 19.8. The fourth-order valence-corrected chi connectivity index (χ4v) is 8.72. The predicted molar refractivity (Wildman–Crippen MR) is 133 cm³/mol. The quantitative estimate of drug-likeness (QED) is 0.520. The molecule has 0 unspecified atom stereocenters. The van der Waals surface area contributed by atoms with Gasteiger partial charge in [0.1, 0.15) is 0 Å². The molecule has 0 bridgehead atoms. The van der Waals surface area contributed by atoms with Crippen LogP contribution < -0.4 is 0 Å². The fraction of sp³-hybridized carbons (Fsp3) is 0.548. The van der Waals surface area contributed by atoms with Crippen LogP contribution >= 0.6 is 0 Å². The molecule has 3 saturated carbocycles. The number of benzene rings is 2. The molecule has 0 aromatic heterocycles. The van der Waals surface area contributed by atoms with E-state index < -0.39 is 0 Å². The lowest BCUT2D eigenvalue weighted by atomic mass is 9.44. The highest BCUT2D eigenvalue weighted by atomic mass is 16.3. The van der Waals surface area contributed by atoms with Gasteiger partial charge in [-0.15, -0.1) is 0 Å². The maximum absolute atomic E-state index is 10.3. The third kappa shape index (κ3) is 3.07. The second-order valence-corrected chi connectivity index (χ2v) is 11.8. The Labute approximate surface area is 194 Å². The number of hydrogen-bond donors (Lipinski definition) is 1. The summed E-state index contributed by atoms with van der Waals surface area (Å²) < 4.78 is 0. The molecule has 6 rings (SSSR count). The van der Waals surface area contributed by atoms with Gasteiger partial charge in [0.15, 0.2) is 0 Å². The van der Waals surface area contributed by atoms with Crippen LogP contribution in [0.25, 0.3) is 16.7 Å². The van der Waals surface area contributed by atoms with Crippen LogP contribution in [0.1, 0.15) is 70.8 Å². The molecule has 2 aromatic carbocycles. The van der Waals surface area contributed by atoms with E-state index in [4.69, 9.17) is 0 Å². The Morgan fingerprint density at radius 3 is 2.25 bits per heavy atom. The molecular weight excluding hydrogens is 388 g/mol. The summed E-state index contributed by atoms with van der Waals surface area (Å²) in [4.78, 5) is 0. The molecule has 2 aromatic rings. The van der Waals surface area contributed by atoms with Gasteiger partial charge in [-0.05, 0) is 108 Å². The average Bonchev–Trinajstić information content (AvgIpc) is 3.17. The predicted octanol–water partition coefficient (Wildman–Crippen LogP) is 7.75. The molecule has 3 fully saturated rings. The Hall–Kier alpha value is -1.86. The summed E-state index contributed by atoms with van der Waals surface area (Å²) >= 11 is 0. The minimum atomic E-state index is -0.0444. The van der Waals surface area contributed by atoms with Gasteiger partial charge in [-0.1, -0.05) is 74.5 Å². The van der Waals surface area contributed by atoms with Gasteiger partial charge in [0.25, 0.3) is 0 Å². The van der Waals surface area contributed by atoms with Crippen molar-refractivity contribution in [2.24, 2.45) is 34.5 Å². The molecule has 0 heterocycles. The third-order valence-electron chi connectivity index (χ3n) is 10.5. The number of aliphatic hydroxyl groups is 1. The van der Waals surface area contributed by atoms with Gasteiger partial charge >= 0.3 is 0 Å². The van der Waals surface area contributed by atoms with Crippen molar-refractivity contribution in [2.45, 2.75) is 71.3 Å². The monoisotopic (exact) mass is 426 g/mol. The summed E-state index contributed by atoms with van der Waals surface area (Å²) in [5.74, 6) is 3.27. The Bertz CT molecular complexity index is 1000. The topological polar surface area (TPSA) is 20.2 Å². The minimum absolute atomic E-state index is 0.0444. The van der Waals surface area contributed by atoms with E-state index in [9.17, 15) is 5.11 Å². The highest BCUT2D eigenvalue weighted by Crippen LogP contribution is 2.67. The average molecular weight is 427 g/mol. The van der Waals surface area contributed by atoms with Crippen molar-refractivity contribution < 1.29 is 5.11 Å². The fourth-order valence-electron chi connectivity index (χ4n) is 8.72. The van der Waals surface area contributed by atoms with Gasteiger partial charge < -0.3 is 5.11 Å². The Morgan fingerprint density at radius 2 is 1.47 bits per heavy atom. The third-order valence-corrected chi connectivity index (χ3v) is 10.5. The SMILES string of the molecule is C[C@]12CC[C@H](O)C[C@@H]1CC[C@@H]1[C@@H]2CC[C@]2(C)C(c3ccc(-c4ccccc4)cc3)=CC[C@@H]12. The van der Waals surface area contributed by atoms with Crippen molar-refractivity contribution >= 4 is 5.57 Å². The molecule has 0 saturated heterocycles. The lowest BCUT2D eigenvalue weighted by molar-refractivity contribution is -0.115. The van der Waals surface area contributed by atoms with E-state index in [1.165, 1.54) is 55.2 Å². The Morgan fingerprint density at radius 1 is 0.750 bits per heavy atom. The lowest BCUT2D eigenvalue weighted by Gasteiger charge is -2.60. The smallest absolute Gasteiger partial charge is 0.0543 e. The molecule has 1 heteroatoms. The van der Waals surface area contributed by atoms with E-state index in [2.05, 4.69) is 74.5 Å². The van der Waals surface area contributed by atoms with Crippen molar-refractivity contribution in [3.63, 3.8) is 0 Å². The normalized spacial score (nSPS) is 40.7. The Kier molecular flexibility index (Phi) is 4.92. The van der Waals surface area contributed by atoms with E-state index in [0.717, 1.165) is 36.5 Å². The van der Waals surface area contributed by atoms with Gasteiger partial charge in [-0.2, -0.15) is 0 Å². The van der Waals surface area contributed by atoms with Crippen molar-refractivity contribution in [1.82, 2.24) is 0 Å².